The Labute approximate surface area is 112 Å². The molecule has 5 nitrogen and oxygen atoms in total. The second-order valence-electron chi connectivity index (χ2n) is 4.91. The Bertz CT molecular complexity index is 472. The van der Waals surface area contributed by atoms with Gasteiger partial charge in [-0.2, -0.15) is 0 Å². The van der Waals surface area contributed by atoms with Crippen LogP contribution < -0.4 is 5.32 Å². The zero-order chi connectivity index (χ0) is 13.8. The minimum Gasteiger partial charge on any atom is -0.478 e. The molecule has 0 aliphatic heterocycles. The number of nitrogens with one attached hydrogen (secondary N) is 1. The molecule has 0 spiro atoms. The Kier molecular flexibility index (Phi) is 4.24. The number of carboxylic acid groups (broad SMARTS) is 1. The lowest BCUT2D eigenvalue weighted by atomic mass is 9.95. The molecular weight excluding hydrogens is 246 g/mol. The molecule has 1 saturated carbocycles. The number of amides is 1. The Morgan fingerprint density at radius 1 is 1.37 bits per heavy atom. The van der Waals surface area contributed by atoms with Crippen molar-refractivity contribution in [2.45, 2.75) is 51.5 Å². The van der Waals surface area contributed by atoms with Gasteiger partial charge in [0.25, 0.3) is 5.91 Å². The third kappa shape index (κ3) is 3.16. The lowest BCUT2D eigenvalue weighted by Crippen LogP contribution is -2.35. The zero-order valence-corrected chi connectivity index (χ0v) is 11.1. The monoisotopic (exact) mass is 265 g/mol. The molecule has 1 fully saturated rings. The van der Waals surface area contributed by atoms with Crippen molar-refractivity contribution < 1.29 is 19.1 Å². The Balaban J connectivity index is 2.08. The Morgan fingerprint density at radius 3 is 2.58 bits per heavy atom. The van der Waals surface area contributed by atoms with Crippen LogP contribution in [-0.2, 0) is 6.42 Å². The molecule has 1 aromatic heterocycles. The molecule has 0 aromatic carbocycles. The maximum Gasteiger partial charge on any atom is 0.339 e. The Morgan fingerprint density at radius 2 is 2.05 bits per heavy atom. The number of rotatable bonds is 4. The molecule has 2 rings (SSSR count). The number of hydrogen-bond acceptors (Lipinski definition) is 3. The molecule has 0 saturated heterocycles. The number of aromatic carboxylic acids is 1. The average molecular weight is 265 g/mol. The van der Waals surface area contributed by atoms with Gasteiger partial charge in [-0.3, -0.25) is 4.79 Å². The number of carboxylic acids is 1. The largest absolute Gasteiger partial charge is 0.478 e. The van der Waals surface area contributed by atoms with Gasteiger partial charge in [0.2, 0.25) is 0 Å². The van der Waals surface area contributed by atoms with Crippen molar-refractivity contribution in [1.82, 2.24) is 5.32 Å². The second-order valence-corrected chi connectivity index (χ2v) is 4.91. The van der Waals surface area contributed by atoms with Gasteiger partial charge >= 0.3 is 5.97 Å². The molecule has 1 amide bonds. The van der Waals surface area contributed by atoms with E-state index in [1.807, 2.05) is 0 Å². The van der Waals surface area contributed by atoms with Crippen LogP contribution in [0.4, 0.5) is 0 Å². The Hall–Kier alpha value is -1.78. The highest BCUT2D eigenvalue weighted by atomic mass is 16.4. The highest BCUT2D eigenvalue weighted by Gasteiger charge is 2.22. The van der Waals surface area contributed by atoms with Crippen molar-refractivity contribution in [2.24, 2.45) is 0 Å². The summed E-state index contributed by atoms with van der Waals surface area (Å²) in [5, 5.41) is 11.9. The normalized spacial score (nSPS) is 16.3. The van der Waals surface area contributed by atoms with Crippen LogP contribution in [0.25, 0.3) is 0 Å². The minimum absolute atomic E-state index is 0.0799. The first-order chi connectivity index (χ1) is 9.11. The van der Waals surface area contributed by atoms with Gasteiger partial charge < -0.3 is 14.8 Å². The van der Waals surface area contributed by atoms with E-state index in [1.165, 1.54) is 12.5 Å². The van der Waals surface area contributed by atoms with Crippen molar-refractivity contribution in [3.05, 3.63) is 23.2 Å². The lowest BCUT2D eigenvalue weighted by Gasteiger charge is -2.22. The smallest absolute Gasteiger partial charge is 0.339 e. The molecule has 0 atom stereocenters. The van der Waals surface area contributed by atoms with Crippen LogP contribution in [0.15, 0.2) is 10.5 Å². The van der Waals surface area contributed by atoms with Crippen molar-refractivity contribution in [3.63, 3.8) is 0 Å². The van der Waals surface area contributed by atoms with E-state index in [9.17, 15) is 9.59 Å². The summed E-state index contributed by atoms with van der Waals surface area (Å²) in [6.45, 7) is 1.80. The van der Waals surface area contributed by atoms with Crippen molar-refractivity contribution >= 4 is 11.9 Å². The quantitative estimate of drug-likeness (QED) is 0.877. The van der Waals surface area contributed by atoms with Crippen LogP contribution in [0, 0.1) is 0 Å². The highest BCUT2D eigenvalue weighted by molar-refractivity contribution is 5.96. The average Bonchev–Trinajstić information content (AvgIpc) is 2.84. The third-order valence-corrected chi connectivity index (χ3v) is 3.52. The first-order valence-electron chi connectivity index (χ1n) is 6.78. The molecule has 0 bridgehead atoms. The number of furan rings is 1. The van der Waals surface area contributed by atoms with E-state index in [4.69, 9.17) is 9.52 Å². The van der Waals surface area contributed by atoms with Crippen LogP contribution in [0.1, 0.15) is 65.7 Å². The molecule has 2 N–H and O–H groups in total. The number of carbonyl (C=O) groups excluding carboxylic acids is 1. The summed E-state index contributed by atoms with van der Waals surface area (Å²) in [6.07, 6.45) is 5.90. The topological polar surface area (TPSA) is 79.5 Å². The lowest BCUT2D eigenvalue weighted by molar-refractivity contribution is 0.0694. The van der Waals surface area contributed by atoms with Crippen molar-refractivity contribution in [3.8, 4) is 0 Å². The summed E-state index contributed by atoms with van der Waals surface area (Å²) >= 11 is 0. The number of hydrogen-bond donors (Lipinski definition) is 2. The van der Waals surface area contributed by atoms with Crippen molar-refractivity contribution in [1.29, 1.82) is 0 Å². The standard InChI is InChI=1S/C14H19NO4/c1-2-11-10(14(17)18)8-12(19-11)13(16)15-9-6-4-3-5-7-9/h8-9H,2-7H2,1H3,(H,15,16)(H,17,18). The van der Waals surface area contributed by atoms with Crippen LogP contribution in [0.2, 0.25) is 0 Å². The van der Waals surface area contributed by atoms with Gasteiger partial charge in [-0.15, -0.1) is 0 Å². The van der Waals surface area contributed by atoms with E-state index in [0.29, 0.717) is 12.2 Å². The van der Waals surface area contributed by atoms with E-state index in [-0.39, 0.29) is 23.3 Å². The van der Waals surface area contributed by atoms with Gasteiger partial charge in [0.05, 0.1) is 0 Å². The summed E-state index contributed by atoms with van der Waals surface area (Å²) in [5.74, 6) is -0.924. The molecule has 1 heterocycles. The first-order valence-corrected chi connectivity index (χ1v) is 6.78. The molecule has 0 unspecified atom stereocenters. The van der Waals surface area contributed by atoms with Crippen molar-refractivity contribution in [2.75, 3.05) is 0 Å². The van der Waals surface area contributed by atoms with Crippen LogP contribution in [0.5, 0.6) is 0 Å². The summed E-state index contributed by atoms with van der Waals surface area (Å²) in [5.41, 5.74) is 0.0799. The number of aryl methyl sites for hydroxylation is 1. The molecule has 104 valence electrons. The van der Waals surface area contributed by atoms with E-state index in [2.05, 4.69) is 5.32 Å². The SMILES string of the molecule is CCc1oc(C(=O)NC2CCCCC2)cc1C(=O)O. The molecule has 19 heavy (non-hydrogen) atoms. The van der Waals surface area contributed by atoms with Gasteiger partial charge in [-0.1, -0.05) is 26.2 Å². The third-order valence-electron chi connectivity index (χ3n) is 3.52. The summed E-state index contributed by atoms with van der Waals surface area (Å²) in [7, 11) is 0. The molecule has 0 radical (unpaired) electrons. The molecule has 1 aliphatic rings. The maximum atomic E-state index is 12.0. The van der Waals surface area contributed by atoms with Gasteiger partial charge in [0, 0.05) is 18.5 Å². The first kappa shape index (κ1) is 13.6. The fourth-order valence-electron chi connectivity index (χ4n) is 2.49. The van der Waals surface area contributed by atoms with Crippen LogP contribution in [-0.4, -0.2) is 23.0 Å². The predicted octanol–water partition coefficient (Wildman–Crippen LogP) is 2.60. The molecule has 5 heteroatoms. The second kappa shape index (κ2) is 5.91. The van der Waals surface area contributed by atoms with Crippen LogP contribution in [0.3, 0.4) is 0 Å². The summed E-state index contributed by atoms with van der Waals surface area (Å²) in [6, 6.07) is 1.50. The minimum atomic E-state index is -1.06. The van der Waals surface area contributed by atoms with Gasteiger partial charge in [0.15, 0.2) is 5.76 Å². The van der Waals surface area contributed by atoms with E-state index < -0.39 is 5.97 Å². The maximum absolute atomic E-state index is 12.0. The zero-order valence-electron chi connectivity index (χ0n) is 11.1. The predicted molar refractivity (Wildman–Crippen MR) is 69.4 cm³/mol. The molecule has 1 aliphatic carbocycles. The summed E-state index contributed by atoms with van der Waals surface area (Å²) in [4.78, 5) is 23.0. The van der Waals surface area contributed by atoms with Gasteiger partial charge in [-0.05, 0) is 12.8 Å². The highest BCUT2D eigenvalue weighted by Crippen LogP contribution is 2.20. The fraction of sp³-hybridized carbons (Fsp3) is 0.571. The van der Waals surface area contributed by atoms with Gasteiger partial charge in [-0.25, -0.2) is 4.79 Å². The summed E-state index contributed by atoms with van der Waals surface area (Å²) < 4.78 is 5.34. The van der Waals surface area contributed by atoms with Crippen LogP contribution >= 0.6 is 0 Å². The van der Waals surface area contributed by atoms with E-state index >= 15 is 0 Å². The molecule has 1 aromatic rings. The fourth-order valence-corrected chi connectivity index (χ4v) is 2.49. The number of carbonyl (C=O) groups is 2. The molecular formula is C14H19NO4. The van der Waals surface area contributed by atoms with E-state index in [0.717, 1.165) is 25.7 Å². The van der Waals surface area contributed by atoms with E-state index in [1.54, 1.807) is 6.92 Å². The van der Waals surface area contributed by atoms with Gasteiger partial charge in [0.1, 0.15) is 11.3 Å².